The second kappa shape index (κ2) is 11.4. The van der Waals surface area contributed by atoms with Gasteiger partial charge in [-0.3, -0.25) is 4.99 Å². The number of ether oxygens (including phenoxy) is 2. The minimum Gasteiger partial charge on any atom is -0.497 e. The van der Waals surface area contributed by atoms with E-state index in [1.165, 1.54) is 6.42 Å². The number of nitrogens with zero attached hydrogens (tertiary/aromatic N) is 1. The molecule has 0 spiro atoms. The van der Waals surface area contributed by atoms with Crippen molar-refractivity contribution < 1.29 is 9.47 Å². The summed E-state index contributed by atoms with van der Waals surface area (Å²) in [6.07, 6.45) is 2.30. The van der Waals surface area contributed by atoms with Crippen molar-refractivity contribution in [2.24, 2.45) is 10.4 Å². The van der Waals surface area contributed by atoms with Gasteiger partial charge in [-0.25, -0.2) is 0 Å². The van der Waals surface area contributed by atoms with Crippen LogP contribution in [0.1, 0.15) is 39.2 Å². The predicted molar refractivity (Wildman–Crippen MR) is 112 cm³/mol. The average molecular weight is 449 g/mol. The number of aliphatic imine (C=N–C) groups is 1. The number of methoxy groups -OCH3 is 2. The summed E-state index contributed by atoms with van der Waals surface area (Å²) in [5.41, 5.74) is 1.43. The molecule has 0 unspecified atom stereocenters. The molecule has 0 aliphatic carbocycles. The van der Waals surface area contributed by atoms with Gasteiger partial charge in [0.2, 0.25) is 0 Å². The molecule has 0 aromatic heterocycles. The van der Waals surface area contributed by atoms with E-state index in [0.29, 0.717) is 12.0 Å². The second-order valence-electron chi connectivity index (χ2n) is 6.69. The largest absolute Gasteiger partial charge is 0.497 e. The highest BCUT2D eigenvalue weighted by atomic mass is 127. The molecule has 0 fully saturated rings. The van der Waals surface area contributed by atoms with Crippen LogP contribution in [-0.2, 0) is 6.54 Å². The molecule has 1 aromatic carbocycles. The fourth-order valence-corrected chi connectivity index (χ4v) is 2.22. The summed E-state index contributed by atoms with van der Waals surface area (Å²) < 4.78 is 10.6. The molecule has 0 radical (unpaired) electrons. The molecule has 0 saturated carbocycles. The summed E-state index contributed by atoms with van der Waals surface area (Å²) in [6, 6.07) is 5.81. The van der Waals surface area contributed by atoms with Crippen LogP contribution < -0.4 is 20.1 Å². The van der Waals surface area contributed by atoms with E-state index in [-0.39, 0.29) is 24.0 Å². The first kappa shape index (κ1) is 22.8. The minimum atomic E-state index is 0. The van der Waals surface area contributed by atoms with Gasteiger partial charge in [0.05, 0.1) is 14.2 Å². The molecule has 0 bridgehead atoms. The molecule has 138 valence electrons. The molecule has 2 N–H and O–H groups in total. The third-order valence-corrected chi connectivity index (χ3v) is 3.56. The van der Waals surface area contributed by atoms with Gasteiger partial charge >= 0.3 is 0 Å². The Kier molecular flexibility index (Phi) is 10.8. The first-order valence-electron chi connectivity index (χ1n) is 8.05. The summed E-state index contributed by atoms with van der Waals surface area (Å²) >= 11 is 0. The van der Waals surface area contributed by atoms with Crippen molar-refractivity contribution in [2.75, 3.05) is 27.8 Å². The van der Waals surface area contributed by atoms with Crippen molar-refractivity contribution in [1.82, 2.24) is 10.6 Å². The highest BCUT2D eigenvalue weighted by Crippen LogP contribution is 2.24. The van der Waals surface area contributed by atoms with Gasteiger partial charge in [-0.15, -0.1) is 24.0 Å². The maximum atomic E-state index is 5.41. The number of hydrogen-bond acceptors (Lipinski definition) is 3. The first-order chi connectivity index (χ1) is 10.9. The van der Waals surface area contributed by atoms with Crippen molar-refractivity contribution >= 4 is 29.9 Å². The topological polar surface area (TPSA) is 54.9 Å². The number of guanidine groups is 1. The highest BCUT2D eigenvalue weighted by molar-refractivity contribution is 14.0. The summed E-state index contributed by atoms with van der Waals surface area (Å²) in [5.74, 6) is 2.40. The van der Waals surface area contributed by atoms with Crippen LogP contribution in [0.2, 0.25) is 0 Å². The van der Waals surface area contributed by atoms with Gasteiger partial charge in [0.15, 0.2) is 5.96 Å². The molecule has 5 nitrogen and oxygen atoms in total. The van der Waals surface area contributed by atoms with Crippen LogP contribution >= 0.6 is 24.0 Å². The van der Waals surface area contributed by atoms with Crippen molar-refractivity contribution in [3.8, 4) is 11.5 Å². The molecular weight excluding hydrogens is 417 g/mol. The summed E-state index contributed by atoms with van der Waals surface area (Å²) in [6.45, 7) is 8.34. The zero-order valence-electron chi connectivity index (χ0n) is 15.7. The van der Waals surface area contributed by atoms with Gasteiger partial charge < -0.3 is 20.1 Å². The lowest BCUT2D eigenvalue weighted by molar-refractivity contribution is 0.365. The van der Waals surface area contributed by atoms with Crippen LogP contribution in [0.15, 0.2) is 23.2 Å². The number of rotatable bonds is 7. The van der Waals surface area contributed by atoms with E-state index in [1.807, 2.05) is 18.2 Å². The normalized spacial score (nSPS) is 11.5. The number of nitrogens with one attached hydrogen (secondary N) is 2. The molecule has 0 aliphatic heterocycles. The summed E-state index contributed by atoms with van der Waals surface area (Å²) in [5, 5.41) is 6.66. The molecule has 0 heterocycles. The van der Waals surface area contributed by atoms with Gasteiger partial charge in [0.1, 0.15) is 11.5 Å². The molecule has 0 aliphatic rings. The van der Waals surface area contributed by atoms with Gasteiger partial charge in [0.25, 0.3) is 0 Å². The number of halogens is 1. The zero-order chi connectivity index (χ0) is 17.3. The maximum Gasteiger partial charge on any atom is 0.191 e. The molecule has 1 rings (SSSR count). The zero-order valence-corrected chi connectivity index (χ0v) is 18.1. The number of hydrogen-bond donors (Lipinski definition) is 2. The van der Waals surface area contributed by atoms with Crippen LogP contribution in [0.5, 0.6) is 11.5 Å². The third-order valence-electron chi connectivity index (χ3n) is 3.56. The summed E-state index contributed by atoms with van der Waals surface area (Å²) in [4.78, 5) is 4.26. The molecular formula is C18H32IN3O2. The van der Waals surface area contributed by atoms with Gasteiger partial charge in [-0.05, 0) is 30.4 Å². The maximum absolute atomic E-state index is 5.41. The van der Waals surface area contributed by atoms with Crippen LogP contribution in [0.25, 0.3) is 0 Å². The predicted octanol–water partition coefficient (Wildman–Crippen LogP) is 3.81. The van der Waals surface area contributed by atoms with Crippen LogP contribution in [-0.4, -0.2) is 33.8 Å². The second-order valence-corrected chi connectivity index (χ2v) is 6.69. The van der Waals surface area contributed by atoms with Crippen molar-refractivity contribution in [3.05, 3.63) is 23.8 Å². The summed E-state index contributed by atoms with van der Waals surface area (Å²) in [7, 11) is 5.10. The van der Waals surface area contributed by atoms with Crippen LogP contribution in [0.3, 0.4) is 0 Å². The van der Waals surface area contributed by atoms with Gasteiger partial charge in [-0.1, -0.05) is 20.8 Å². The molecule has 1 aromatic rings. The Labute approximate surface area is 163 Å². The molecule has 0 saturated heterocycles. The van der Waals surface area contributed by atoms with E-state index in [9.17, 15) is 0 Å². The molecule has 24 heavy (non-hydrogen) atoms. The van der Waals surface area contributed by atoms with E-state index in [4.69, 9.17) is 9.47 Å². The quantitative estimate of drug-likeness (QED) is 0.288. The third kappa shape index (κ3) is 8.61. The fraction of sp³-hybridized carbons (Fsp3) is 0.611. The highest BCUT2D eigenvalue weighted by Gasteiger charge is 2.09. The Morgan fingerprint density at radius 2 is 1.83 bits per heavy atom. The van der Waals surface area contributed by atoms with Crippen LogP contribution in [0, 0.1) is 5.41 Å². The monoisotopic (exact) mass is 449 g/mol. The lowest BCUT2D eigenvalue weighted by Gasteiger charge is -2.19. The van der Waals surface area contributed by atoms with E-state index < -0.39 is 0 Å². The fourth-order valence-electron chi connectivity index (χ4n) is 2.22. The van der Waals surface area contributed by atoms with E-state index >= 15 is 0 Å². The Balaban J connectivity index is 0.00000529. The van der Waals surface area contributed by atoms with E-state index in [1.54, 1.807) is 21.3 Å². The van der Waals surface area contributed by atoms with Crippen LogP contribution in [0.4, 0.5) is 0 Å². The smallest absolute Gasteiger partial charge is 0.191 e. The Bertz CT molecular complexity index is 513. The molecule has 6 heteroatoms. The van der Waals surface area contributed by atoms with Crippen molar-refractivity contribution in [3.63, 3.8) is 0 Å². The minimum absolute atomic E-state index is 0. The Morgan fingerprint density at radius 3 is 2.38 bits per heavy atom. The van der Waals surface area contributed by atoms with Gasteiger partial charge in [-0.2, -0.15) is 0 Å². The van der Waals surface area contributed by atoms with E-state index in [2.05, 4.69) is 36.4 Å². The standard InChI is InChI=1S/C18H31N3O2.HI/c1-18(2,3)10-7-11-20-17(19-4)21-13-14-8-9-15(22-5)12-16(14)23-6;/h8-9,12H,7,10-11,13H2,1-6H3,(H2,19,20,21);1H. The Morgan fingerprint density at radius 1 is 1.12 bits per heavy atom. The van der Waals surface area contributed by atoms with E-state index in [0.717, 1.165) is 36.0 Å². The average Bonchev–Trinajstić information content (AvgIpc) is 2.53. The SMILES string of the molecule is CN=C(NCCCC(C)(C)C)NCc1ccc(OC)cc1OC.I. The van der Waals surface area contributed by atoms with Gasteiger partial charge in [0, 0.05) is 31.8 Å². The lowest BCUT2D eigenvalue weighted by Crippen LogP contribution is -2.37. The molecule has 0 amide bonds. The number of benzene rings is 1. The van der Waals surface area contributed by atoms with Crippen molar-refractivity contribution in [2.45, 2.75) is 40.2 Å². The first-order valence-corrected chi connectivity index (χ1v) is 8.05. The molecule has 0 atom stereocenters. The lowest BCUT2D eigenvalue weighted by atomic mass is 9.91. The van der Waals surface area contributed by atoms with Crippen molar-refractivity contribution in [1.29, 1.82) is 0 Å². The Hall–Kier alpha value is -1.18.